The maximum atomic E-state index is 12.5. The van der Waals surface area contributed by atoms with Crippen molar-refractivity contribution in [2.45, 2.75) is 65.0 Å². The predicted octanol–water partition coefficient (Wildman–Crippen LogP) is 5.73. The van der Waals surface area contributed by atoms with Gasteiger partial charge in [-0.15, -0.1) is 0 Å². The monoisotopic (exact) mass is 467 g/mol. The van der Waals surface area contributed by atoms with Gasteiger partial charge in [-0.3, -0.25) is 4.79 Å². The molecule has 34 heavy (non-hydrogen) atoms. The lowest BCUT2D eigenvalue weighted by Crippen LogP contribution is -2.53. The molecule has 182 valence electrons. The van der Waals surface area contributed by atoms with Crippen LogP contribution in [0.4, 0.5) is 9.59 Å². The van der Waals surface area contributed by atoms with Gasteiger partial charge in [-0.25, -0.2) is 9.59 Å². The number of benzene rings is 2. The first-order valence-corrected chi connectivity index (χ1v) is 11.5. The summed E-state index contributed by atoms with van der Waals surface area (Å²) in [6.07, 6.45) is 0.587. The number of carbonyl (C=O) groups is 3. The summed E-state index contributed by atoms with van der Waals surface area (Å²) in [7, 11) is 0. The number of ether oxygens (including phenoxy) is 3. The van der Waals surface area contributed by atoms with Crippen LogP contribution in [0.2, 0.25) is 0 Å². The molecule has 2 amide bonds. The van der Waals surface area contributed by atoms with E-state index in [0.717, 1.165) is 17.7 Å². The molecule has 1 aliphatic rings. The Bertz CT molecular complexity index is 1020. The molecule has 0 N–H and O–H groups in total. The zero-order valence-corrected chi connectivity index (χ0v) is 20.6. The van der Waals surface area contributed by atoms with Gasteiger partial charge < -0.3 is 14.2 Å². The molecule has 2 aromatic carbocycles. The molecule has 0 radical (unpaired) electrons. The molecule has 7 nitrogen and oxygen atoms in total. The number of hydrogen-bond donors (Lipinski definition) is 0. The van der Waals surface area contributed by atoms with Gasteiger partial charge in [0.05, 0.1) is 0 Å². The highest BCUT2D eigenvalue weighted by atomic mass is 16.6. The van der Waals surface area contributed by atoms with Crippen molar-refractivity contribution in [1.82, 2.24) is 4.90 Å². The van der Waals surface area contributed by atoms with Crippen LogP contribution in [0.15, 0.2) is 48.5 Å². The van der Waals surface area contributed by atoms with Crippen molar-refractivity contribution in [2.24, 2.45) is 0 Å². The zero-order valence-electron chi connectivity index (χ0n) is 20.6. The van der Waals surface area contributed by atoms with Crippen LogP contribution in [0.5, 0.6) is 5.75 Å². The Morgan fingerprint density at radius 1 is 1.06 bits per heavy atom. The van der Waals surface area contributed by atoms with Crippen LogP contribution < -0.4 is 4.74 Å². The number of hydrogen-bond acceptors (Lipinski definition) is 6. The number of rotatable bonds is 8. The van der Waals surface area contributed by atoms with Gasteiger partial charge in [-0.1, -0.05) is 29.8 Å². The van der Waals surface area contributed by atoms with Crippen LogP contribution in [-0.4, -0.2) is 47.2 Å². The highest BCUT2D eigenvalue weighted by molar-refractivity contribution is 5.96. The molecule has 7 heteroatoms. The number of ketones is 1. The lowest BCUT2D eigenvalue weighted by atomic mass is 10.0. The Morgan fingerprint density at radius 2 is 1.71 bits per heavy atom. The Morgan fingerprint density at radius 3 is 2.32 bits per heavy atom. The lowest BCUT2D eigenvalue weighted by molar-refractivity contribution is 0.0140. The van der Waals surface area contributed by atoms with Gasteiger partial charge in [0.25, 0.3) is 0 Å². The maximum Gasteiger partial charge on any atom is 0.420 e. The largest absolute Gasteiger partial charge is 0.491 e. The third-order valence-electron chi connectivity index (χ3n) is 5.52. The van der Waals surface area contributed by atoms with E-state index in [1.54, 1.807) is 52.0 Å². The number of cyclic esters (lactones) is 1. The first-order chi connectivity index (χ1) is 16.0. The fraction of sp³-hybridized carbons (Fsp3) is 0.444. The minimum atomic E-state index is -1.01. The molecular formula is C27H33NO6. The molecule has 0 aliphatic carbocycles. The van der Waals surface area contributed by atoms with E-state index in [1.165, 1.54) is 11.1 Å². The Hall–Kier alpha value is -3.35. The normalized spacial score (nSPS) is 17.9. The van der Waals surface area contributed by atoms with Crippen molar-refractivity contribution in [2.75, 3.05) is 13.2 Å². The molecular weight excluding hydrogens is 434 g/mol. The van der Waals surface area contributed by atoms with Crippen molar-refractivity contribution >= 4 is 18.0 Å². The highest BCUT2D eigenvalue weighted by Gasteiger charge is 2.50. The van der Waals surface area contributed by atoms with Crippen molar-refractivity contribution in [3.63, 3.8) is 0 Å². The molecule has 2 aromatic rings. The summed E-state index contributed by atoms with van der Waals surface area (Å²) < 4.78 is 16.3. The van der Waals surface area contributed by atoms with E-state index in [0.29, 0.717) is 17.7 Å². The molecule has 0 aromatic heterocycles. The Labute approximate surface area is 201 Å². The molecule has 1 saturated heterocycles. The summed E-state index contributed by atoms with van der Waals surface area (Å²) in [6, 6.07) is 15.2. The molecule has 0 spiro atoms. The van der Waals surface area contributed by atoms with Gasteiger partial charge in [0.1, 0.15) is 30.1 Å². The van der Waals surface area contributed by atoms with Crippen molar-refractivity contribution in [3.05, 3.63) is 65.2 Å². The van der Waals surface area contributed by atoms with Gasteiger partial charge >= 0.3 is 12.2 Å². The standard InChI is InChI=1S/C27H33NO6/c1-19-9-11-20(12-10-19)7-6-8-23(29)21-13-15-22(16-14-21)32-17-27(5)18-33-24(30)28(27)25(31)34-26(2,3)4/h9-16H,6-8,17-18H2,1-5H3/t27-/m1/s1. The molecule has 1 fully saturated rings. The SMILES string of the molecule is Cc1ccc(CCCC(=O)c2ccc(OC[C@]3(C)COC(=O)N3C(=O)OC(C)(C)C)cc2)cc1. The molecule has 3 rings (SSSR count). The molecule has 1 aliphatic heterocycles. The molecule has 0 unspecified atom stereocenters. The summed E-state index contributed by atoms with van der Waals surface area (Å²) in [6.45, 7) is 8.97. The zero-order chi connectivity index (χ0) is 24.9. The van der Waals surface area contributed by atoms with E-state index in [9.17, 15) is 14.4 Å². The second-order valence-electron chi connectivity index (χ2n) is 9.94. The fourth-order valence-corrected chi connectivity index (χ4v) is 3.60. The third kappa shape index (κ3) is 6.59. The van der Waals surface area contributed by atoms with Crippen molar-refractivity contribution in [3.8, 4) is 5.75 Å². The van der Waals surface area contributed by atoms with Crippen molar-refractivity contribution < 1.29 is 28.6 Å². The van der Waals surface area contributed by atoms with Crippen LogP contribution >= 0.6 is 0 Å². The minimum Gasteiger partial charge on any atom is -0.491 e. The van der Waals surface area contributed by atoms with Gasteiger partial charge in [0, 0.05) is 12.0 Å². The maximum absolute atomic E-state index is 12.5. The van der Waals surface area contributed by atoms with E-state index in [1.807, 2.05) is 0 Å². The fourth-order valence-electron chi connectivity index (χ4n) is 3.60. The van der Waals surface area contributed by atoms with Crippen LogP contribution in [0.3, 0.4) is 0 Å². The van der Waals surface area contributed by atoms with E-state index in [2.05, 4.69) is 31.2 Å². The molecule has 1 heterocycles. The molecule has 1 atom stereocenters. The second-order valence-corrected chi connectivity index (χ2v) is 9.94. The number of amides is 2. The van der Waals surface area contributed by atoms with E-state index in [4.69, 9.17) is 14.2 Å². The quantitative estimate of drug-likeness (QED) is 0.462. The summed E-state index contributed by atoms with van der Waals surface area (Å²) in [5.41, 5.74) is 1.32. The predicted molar refractivity (Wildman–Crippen MR) is 128 cm³/mol. The van der Waals surface area contributed by atoms with Crippen LogP contribution in [-0.2, 0) is 15.9 Å². The lowest BCUT2D eigenvalue weighted by Gasteiger charge is -2.31. The number of carbonyl (C=O) groups excluding carboxylic acids is 3. The Kier molecular flexibility index (Phi) is 7.64. The molecule has 0 bridgehead atoms. The average Bonchev–Trinajstić information content (AvgIpc) is 3.07. The van der Waals surface area contributed by atoms with E-state index >= 15 is 0 Å². The van der Waals surface area contributed by atoms with Crippen molar-refractivity contribution in [1.29, 1.82) is 0 Å². The average molecular weight is 468 g/mol. The minimum absolute atomic E-state index is 0.00261. The second kappa shape index (κ2) is 10.3. The molecule has 0 saturated carbocycles. The van der Waals surface area contributed by atoms with Crippen LogP contribution in [0, 0.1) is 6.92 Å². The number of imide groups is 1. The van der Waals surface area contributed by atoms with Gasteiger partial charge in [0.15, 0.2) is 5.78 Å². The van der Waals surface area contributed by atoms with Crippen LogP contribution in [0.1, 0.15) is 62.0 Å². The third-order valence-corrected chi connectivity index (χ3v) is 5.52. The number of aryl methyl sites for hydroxylation is 2. The summed E-state index contributed by atoms with van der Waals surface area (Å²) in [4.78, 5) is 38.2. The first kappa shape index (κ1) is 25.3. The smallest absolute Gasteiger partial charge is 0.420 e. The van der Waals surface area contributed by atoms with E-state index in [-0.39, 0.29) is 19.0 Å². The first-order valence-electron chi connectivity index (χ1n) is 11.5. The van der Waals surface area contributed by atoms with Gasteiger partial charge in [-0.2, -0.15) is 4.90 Å². The van der Waals surface area contributed by atoms with Gasteiger partial charge in [0.2, 0.25) is 0 Å². The topological polar surface area (TPSA) is 82.1 Å². The number of nitrogens with zero attached hydrogens (tertiary/aromatic N) is 1. The Balaban J connectivity index is 1.53. The highest BCUT2D eigenvalue weighted by Crippen LogP contribution is 2.28. The summed E-state index contributed by atoms with van der Waals surface area (Å²) in [5, 5.41) is 0. The van der Waals surface area contributed by atoms with E-state index < -0.39 is 23.3 Å². The van der Waals surface area contributed by atoms with Gasteiger partial charge in [-0.05, 0) is 77.3 Å². The van der Waals surface area contributed by atoms with Crippen LogP contribution in [0.25, 0.3) is 0 Å². The summed E-state index contributed by atoms with van der Waals surface area (Å²) in [5.74, 6) is 0.609. The summed E-state index contributed by atoms with van der Waals surface area (Å²) >= 11 is 0. The number of Topliss-reactive ketones (excluding diaryl/α,β-unsaturated/α-hetero) is 1.